The summed E-state index contributed by atoms with van der Waals surface area (Å²) in [5, 5.41) is 9.92. The van der Waals surface area contributed by atoms with E-state index in [0.29, 0.717) is 5.75 Å². The number of anilines is 1. The van der Waals surface area contributed by atoms with Gasteiger partial charge in [-0.1, -0.05) is 26.7 Å². The summed E-state index contributed by atoms with van der Waals surface area (Å²) >= 11 is 0. The number of benzene rings is 1. The zero-order valence-corrected chi connectivity index (χ0v) is 9.01. The Balaban J connectivity index is 3.04. The second-order valence-corrected chi connectivity index (χ2v) is 3.69. The summed E-state index contributed by atoms with van der Waals surface area (Å²) < 4.78 is 0. The third-order valence-corrected chi connectivity index (χ3v) is 2.33. The molecule has 0 radical (unpaired) electrons. The molecule has 0 bridgehead atoms. The second-order valence-electron chi connectivity index (χ2n) is 3.69. The van der Waals surface area contributed by atoms with Crippen LogP contribution in [-0.4, -0.2) is 5.11 Å². The van der Waals surface area contributed by atoms with Crippen LogP contribution in [0.5, 0.6) is 5.75 Å². The Morgan fingerprint density at radius 1 is 1.07 bits per heavy atom. The summed E-state index contributed by atoms with van der Waals surface area (Å²) in [5.74, 6) is 0.447. The molecule has 1 aromatic rings. The largest absolute Gasteiger partial charge is 0.507 e. The first-order valence-corrected chi connectivity index (χ1v) is 5.29. The highest BCUT2D eigenvalue weighted by Gasteiger charge is 2.07. The fraction of sp³-hybridized carbons (Fsp3) is 0.500. The lowest BCUT2D eigenvalue weighted by atomic mass is 10.0. The maximum absolute atomic E-state index is 9.92. The summed E-state index contributed by atoms with van der Waals surface area (Å²) in [6.07, 6.45) is 3.85. The molecule has 1 rings (SSSR count). The highest BCUT2D eigenvalue weighted by atomic mass is 16.3. The number of phenolic OH excluding ortho intramolecular Hbond substituents is 1. The van der Waals surface area contributed by atoms with E-state index in [2.05, 4.69) is 13.8 Å². The van der Waals surface area contributed by atoms with E-state index in [4.69, 9.17) is 5.73 Å². The van der Waals surface area contributed by atoms with Crippen LogP contribution in [0, 0.1) is 0 Å². The van der Waals surface area contributed by atoms with Crippen molar-refractivity contribution >= 4 is 5.69 Å². The van der Waals surface area contributed by atoms with E-state index in [1.165, 1.54) is 0 Å². The van der Waals surface area contributed by atoms with Gasteiger partial charge in [0.05, 0.1) is 0 Å². The SMILES string of the molecule is CCCc1cc(N)cc(CCC)c1O. The highest BCUT2D eigenvalue weighted by Crippen LogP contribution is 2.27. The lowest BCUT2D eigenvalue weighted by molar-refractivity contribution is 0.460. The molecular weight excluding hydrogens is 174 g/mol. The molecule has 0 amide bonds. The highest BCUT2D eigenvalue weighted by molar-refractivity contribution is 5.52. The van der Waals surface area contributed by atoms with Crippen LogP contribution in [0.4, 0.5) is 5.69 Å². The standard InChI is InChI=1S/C12H19NO/c1-3-5-9-7-11(13)8-10(6-4-2)12(9)14/h7-8,14H,3-6,13H2,1-2H3. The molecule has 0 aliphatic heterocycles. The normalized spacial score (nSPS) is 10.4. The average molecular weight is 193 g/mol. The minimum absolute atomic E-state index is 0.447. The van der Waals surface area contributed by atoms with Crippen molar-refractivity contribution in [2.24, 2.45) is 0 Å². The Labute approximate surface area is 85.8 Å². The monoisotopic (exact) mass is 193 g/mol. The molecule has 0 spiro atoms. The van der Waals surface area contributed by atoms with E-state index >= 15 is 0 Å². The van der Waals surface area contributed by atoms with Gasteiger partial charge in [0.1, 0.15) is 5.75 Å². The van der Waals surface area contributed by atoms with Gasteiger partial charge < -0.3 is 10.8 Å². The number of nitrogens with two attached hydrogens (primary N) is 1. The Bertz CT molecular complexity index is 280. The molecule has 0 unspecified atom stereocenters. The molecule has 0 aliphatic carbocycles. The molecule has 78 valence electrons. The van der Waals surface area contributed by atoms with Crippen LogP contribution in [0.15, 0.2) is 12.1 Å². The summed E-state index contributed by atoms with van der Waals surface area (Å²) in [6, 6.07) is 3.75. The van der Waals surface area contributed by atoms with E-state index in [1.54, 1.807) is 0 Å². The fourth-order valence-electron chi connectivity index (χ4n) is 1.71. The molecule has 0 aromatic heterocycles. The average Bonchev–Trinajstić information content (AvgIpc) is 2.14. The van der Waals surface area contributed by atoms with Crippen LogP contribution in [0.3, 0.4) is 0 Å². The summed E-state index contributed by atoms with van der Waals surface area (Å²) in [6.45, 7) is 4.20. The molecule has 1 aromatic carbocycles. The van der Waals surface area contributed by atoms with Gasteiger partial charge >= 0.3 is 0 Å². The molecule has 14 heavy (non-hydrogen) atoms. The molecule has 0 saturated heterocycles. The van der Waals surface area contributed by atoms with Gasteiger partial charge in [0, 0.05) is 5.69 Å². The van der Waals surface area contributed by atoms with E-state index in [-0.39, 0.29) is 0 Å². The predicted molar refractivity (Wildman–Crippen MR) is 60.5 cm³/mol. The zero-order valence-electron chi connectivity index (χ0n) is 9.01. The van der Waals surface area contributed by atoms with Gasteiger partial charge in [-0.3, -0.25) is 0 Å². The van der Waals surface area contributed by atoms with Gasteiger partial charge in [0.2, 0.25) is 0 Å². The maximum atomic E-state index is 9.92. The molecule has 0 fully saturated rings. The smallest absolute Gasteiger partial charge is 0.122 e. The zero-order chi connectivity index (χ0) is 10.6. The van der Waals surface area contributed by atoms with Crippen LogP contribution in [0.25, 0.3) is 0 Å². The van der Waals surface area contributed by atoms with Crippen molar-refractivity contribution < 1.29 is 5.11 Å². The van der Waals surface area contributed by atoms with Gasteiger partial charge in [0.25, 0.3) is 0 Å². The molecular formula is C12H19NO. The Hall–Kier alpha value is -1.18. The summed E-state index contributed by atoms with van der Waals surface area (Å²) in [7, 11) is 0. The molecule has 2 nitrogen and oxygen atoms in total. The van der Waals surface area contributed by atoms with E-state index in [9.17, 15) is 5.11 Å². The van der Waals surface area contributed by atoms with Crippen LogP contribution in [0.2, 0.25) is 0 Å². The van der Waals surface area contributed by atoms with Gasteiger partial charge in [-0.15, -0.1) is 0 Å². The summed E-state index contributed by atoms with van der Waals surface area (Å²) in [4.78, 5) is 0. The van der Waals surface area contributed by atoms with Gasteiger partial charge in [-0.25, -0.2) is 0 Å². The third-order valence-electron chi connectivity index (χ3n) is 2.33. The van der Waals surface area contributed by atoms with Crippen molar-refractivity contribution in [2.45, 2.75) is 39.5 Å². The van der Waals surface area contributed by atoms with E-state index in [1.807, 2.05) is 12.1 Å². The minimum Gasteiger partial charge on any atom is -0.507 e. The van der Waals surface area contributed by atoms with Gasteiger partial charge in [-0.05, 0) is 36.1 Å². The number of aryl methyl sites for hydroxylation is 2. The Morgan fingerprint density at radius 2 is 1.50 bits per heavy atom. The van der Waals surface area contributed by atoms with Crippen molar-refractivity contribution in [3.8, 4) is 5.75 Å². The molecule has 3 N–H and O–H groups in total. The van der Waals surface area contributed by atoms with Crippen molar-refractivity contribution in [1.29, 1.82) is 0 Å². The number of phenols is 1. The molecule has 0 aliphatic rings. The van der Waals surface area contributed by atoms with Gasteiger partial charge in [-0.2, -0.15) is 0 Å². The predicted octanol–water partition coefficient (Wildman–Crippen LogP) is 2.88. The van der Waals surface area contributed by atoms with Crippen LogP contribution in [0.1, 0.15) is 37.8 Å². The Kier molecular flexibility index (Phi) is 3.81. The van der Waals surface area contributed by atoms with E-state index in [0.717, 1.165) is 42.5 Å². The number of nitrogen functional groups attached to an aromatic ring is 1. The first-order chi connectivity index (χ1) is 6.69. The number of aromatic hydroxyl groups is 1. The summed E-state index contributed by atoms with van der Waals surface area (Å²) in [5.41, 5.74) is 8.50. The molecule has 0 saturated carbocycles. The maximum Gasteiger partial charge on any atom is 0.122 e. The number of hydrogen-bond acceptors (Lipinski definition) is 2. The van der Waals surface area contributed by atoms with Crippen LogP contribution < -0.4 is 5.73 Å². The van der Waals surface area contributed by atoms with Crippen molar-refractivity contribution in [2.75, 3.05) is 5.73 Å². The second kappa shape index (κ2) is 4.89. The molecule has 2 heteroatoms. The Morgan fingerprint density at radius 3 is 1.86 bits per heavy atom. The lowest BCUT2D eigenvalue weighted by Gasteiger charge is -2.10. The minimum atomic E-state index is 0.447. The first-order valence-electron chi connectivity index (χ1n) is 5.29. The van der Waals surface area contributed by atoms with E-state index < -0.39 is 0 Å². The van der Waals surface area contributed by atoms with Crippen molar-refractivity contribution in [3.05, 3.63) is 23.3 Å². The van der Waals surface area contributed by atoms with Crippen molar-refractivity contribution in [3.63, 3.8) is 0 Å². The first kappa shape index (κ1) is 10.9. The molecule has 0 heterocycles. The topological polar surface area (TPSA) is 46.2 Å². The fourth-order valence-corrected chi connectivity index (χ4v) is 1.71. The molecule has 0 atom stereocenters. The quantitative estimate of drug-likeness (QED) is 0.570. The third kappa shape index (κ3) is 2.41. The lowest BCUT2D eigenvalue weighted by Crippen LogP contribution is -1.95. The van der Waals surface area contributed by atoms with Crippen LogP contribution in [-0.2, 0) is 12.8 Å². The number of hydrogen-bond donors (Lipinski definition) is 2. The van der Waals surface area contributed by atoms with Crippen molar-refractivity contribution in [1.82, 2.24) is 0 Å². The van der Waals surface area contributed by atoms with Gasteiger partial charge in [0.15, 0.2) is 0 Å². The van der Waals surface area contributed by atoms with Crippen LogP contribution >= 0.6 is 0 Å². The number of rotatable bonds is 4.